The molecule has 0 saturated carbocycles. The Morgan fingerprint density at radius 2 is 2.21 bits per heavy atom. The molecule has 0 bridgehead atoms. The molecular weight excluding hydrogens is 248 g/mol. The maximum Gasteiger partial charge on any atom is 0.358 e. The molecule has 1 fully saturated rings. The van der Waals surface area contributed by atoms with Crippen LogP contribution in [0.5, 0.6) is 0 Å². The molecule has 0 amide bonds. The highest BCUT2D eigenvalue weighted by Gasteiger charge is 2.39. The number of carboxylic acid groups (broad SMARTS) is 1. The summed E-state index contributed by atoms with van der Waals surface area (Å²) in [5.41, 5.74) is -0.219. The van der Waals surface area contributed by atoms with E-state index >= 15 is 0 Å². The van der Waals surface area contributed by atoms with Crippen LogP contribution in [0.25, 0.3) is 0 Å². The average Bonchev–Trinajstić information content (AvgIpc) is 2.76. The third-order valence-electron chi connectivity index (χ3n) is 4.07. The standard InChI is InChI=1S/C12H20N4O3/c1-8(12(2,3)19-4)15-5-9(6-15)16-7-10(11(17)18)13-14-16/h7-9H,5-6H2,1-4H3,(H,17,18). The maximum atomic E-state index is 10.7. The molecule has 1 unspecified atom stereocenters. The Hall–Kier alpha value is -1.47. The predicted octanol–water partition coefficient (Wildman–Crippen LogP) is 0.646. The van der Waals surface area contributed by atoms with E-state index in [9.17, 15) is 4.79 Å². The molecule has 0 aliphatic carbocycles. The molecule has 1 saturated heterocycles. The van der Waals surface area contributed by atoms with E-state index in [0.29, 0.717) is 0 Å². The molecule has 106 valence electrons. The number of ether oxygens (including phenoxy) is 1. The SMILES string of the molecule is COC(C)(C)C(C)N1CC(n2cc(C(=O)O)nn2)C1. The third-order valence-corrected chi connectivity index (χ3v) is 4.07. The number of aromatic carboxylic acids is 1. The lowest BCUT2D eigenvalue weighted by molar-refractivity contribution is -0.0775. The minimum absolute atomic E-state index is 0.0104. The lowest BCUT2D eigenvalue weighted by Crippen LogP contribution is -2.58. The summed E-state index contributed by atoms with van der Waals surface area (Å²) in [6.07, 6.45) is 1.48. The van der Waals surface area contributed by atoms with Crippen LogP contribution in [0.2, 0.25) is 0 Å². The summed E-state index contributed by atoms with van der Waals surface area (Å²) in [7, 11) is 1.71. The first-order valence-electron chi connectivity index (χ1n) is 6.29. The van der Waals surface area contributed by atoms with Gasteiger partial charge in [0.05, 0.1) is 17.8 Å². The van der Waals surface area contributed by atoms with Crippen molar-refractivity contribution in [2.24, 2.45) is 0 Å². The molecule has 7 heteroatoms. The number of hydrogen-bond donors (Lipinski definition) is 1. The lowest BCUT2D eigenvalue weighted by Gasteiger charge is -2.47. The van der Waals surface area contributed by atoms with E-state index in [1.54, 1.807) is 11.8 Å². The van der Waals surface area contributed by atoms with E-state index < -0.39 is 5.97 Å². The topological polar surface area (TPSA) is 80.5 Å². The Labute approximate surface area is 112 Å². The molecule has 7 nitrogen and oxygen atoms in total. The van der Waals surface area contributed by atoms with Gasteiger partial charge in [-0.1, -0.05) is 5.21 Å². The van der Waals surface area contributed by atoms with Crippen LogP contribution in [-0.2, 0) is 4.74 Å². The van der Waals surface area contributed by atoms with Crippen LogP contribution in [0.4, 0.5) is 0 Å². The molecule has 2 rings (SSSR count). The highest BCUT2D eigenvalue weighted by molar-refractivity contribution is 5.84. The van der Waals surface area contributed by atoms with Gasteiger partial charge < -0.3 is 9.84 Å². The van der Waals surface area contributed by atoms with Crippen molar-refractivity contribution in [3.8, 4) is 0 Å². The fourth-order valence-corrected chi connectivity index (χ4v) is 2.13. The number of carboxylic acids is 1. The number of aromatic nitrogens is 3. The van der Waals surface area contributed by atoms with Gasteiger partial charge in [0.15, 0.2) is 5.69 Å². The van der Waals surface area contributed by atoms with E-state index in [4.69, 9.17) is 9.84 Å². The zero-order valence-corrected chi connectivity index (χ0v) is 11.7. The summed E-state index contributed by atoms with van der Waals surface area (Å²) in [6, 6.07) is 0.479. The number of hydrogen-bond acceptors (Lipinski definition) is 5. The minimum Gasteiger partial charge on any atom is -0.476 e. The molecule has 0 radical (unpaired) electrons. The van der Waals surface area contributed by atoms with Gasteiger partial charge in [0.1, 0.15) is 0 Å². The zero-order chi connectivity index (χ0) is 14.2. The predicted molar refractivity (Wildman–Crippen MR) is 68.1 cm³/mol. The van der Waals surface area contributed by atoms with Gasteiger partial charge in [-0.3, -0.25) is 4.90 Å². The normalized spacial score (nSPS) is 19.2. The molecular formula is C12H20N4O3. The first kappa shape index (κ1) is 14.0. The number of carbonyl (C=O) groups is 1. The monoisotopic (exact) mass is 268 g/mol. The largest absolute Gasteiger partial charge is 0.476 e. The first-order chi connectivity index (χ1) is 8.85. The van der Waals surface area contributed by atoms with E-state index in [0.717, 1.165) is 13.1 Å². The van der Waals surface area contributed by atoms with Crippen molar-refractivity contribution >= 4 is 5.97 Å². The van der Waals surface area contributed by atoms with E-state index in [1.165, 1.54) is 6.20 Å². The molecule has 0 spiro atoms. The van der Waals surface area contributed by atoms with Crippen LogP contribution in [0.15, 0.2) is 6.20 Å². The van der Waals surface area contributed by atoms with E-state index in [2.05, 4.69) is 36.0 Å². The quantitative estimate of drug-likeness (QED) is 0.844. The van der Waals surface area contributed by atoms with Gasteiger partial charge in [-0.25, -0.2) is 9.48 Å². The smallest absolute Gasteiger partial charge is 0.358 e. The average molecular weight is 268 g/mol. The Balaban J connectivity index is 1.94. The summed E-state index contributed by atoms with van der Waals surface area (Å²) in [5.74, 6) is -1.05. The molecule has 2 heterocycles. The van der Waals surface area contributed by atoms with Gasteiger partial charge >= 0.3 is 5.97 Å². The molecule has 0 aromatic carbocycles. The molecule has 19 heavy (non-hydrogen) atoms. The van der Waals surface area contributed by atoms with Crippen LogP contribution in [-0.4, -0.2) is 62.8 Å². The number of likely N-dealkylation sites (tertiary alicyclic amines) is 1. The molecule has 1 aliphatic heterocycles. The van der Waals surface area contributed by atoms with Crippen LogP contribution in [0.1, 0.15) is 37.3 Å². The fourth-order valence-electron chi connectivity index (χ4n) is 2.13. The molecule has 1 aromatic rings. The summed E-state index contributed by atoms with van der Waals surface area (Å²) in [6.45, 7) is 7.91. The van der Waals surface area contributed by atoms with Crippen LogP contribution in [0.3, 0.4) is 0 Å². The van der Waals surface area contributed by atoms with Crippen LogP contribution in [0, 0.1) is 0 Å². The van der Waals surface area contributed by atoms with Crippen molar-refractivity contribution < 1.29 is 14.6 Å². The van der Waals surface area contributed by atoms with Crippen molar-refractivity contribution in [2.45, 2.75) is 38.5 Å². The number of nitrogens with zero attached hydrogens (tertiary/aromatic N) is 4. The van der Waals surface area contributed by atoms with Crippen molar-refractivity contribution in [2.75, 3.05) is 20.2 Å². The minimum atomic E-state index is -1.05. The zero-order valence-electron chi connectivity index (χ0n) is 11.7. The van der Waals surface area contributed by atoms with Gasteiger partial charge in [-0.15, -0.1) is 5.10 Å². The lowest BCUT2D eigenvalue weighted by atomic mass is 9.94. The van der Waals surface area contributed by atoms with Crippen molar-refractivity contribution in [1.29, 1.82) is 0 Å². The second kappa shape index (κ2) is 4.90. The summed E-state index contributed by atoms with van der Waals surface area (Å²) in [4.78, 5) is 13.0. The van der Waals surface area contributed by atoms with Crippen molar-refractivity contribution in [3.63, 3.8) is 0 Å². The second-order valence-corrected chi connectivity index (χ2v) is 5.48. The number of rotatable bonds is 5. The van der Waals surface area contributed by atoms with Gasteiger partial charge in [0.25, 0.3) is 0 Å². The number of methoxy groups -OCH3 is 1. The molecule has 1 aromatic heterocycles. The highest BCUT2D eigenvalue weighted by atomic mass is 16.5. The van der Waals surface area contributed by atoms with Crippen molar-refractivity contribution in [3.05, 3.63) is 11.9 Å². The molecule has 1 atom stereocenters. The second-order valence-electron chi connectivity index (χ2n) is 5.48. The first-order valence-corrected chi connectivity index (χ1v) is 6.29. The molecule has 1 aliphatic rings. The third kappa shape index (κ3) is 2.62. The van der Waals surface area contributed by atoms with Crippen molar-refractivity contribution in [1.82, 2.24) is 19.9 Å². The van der Waals surface area contributed by atoms with Gasteiger partial charge in [0, 0.05) is 26.2 Å². The maximum absolute atomic E-state index is 10.7. The fraction of sp³-hybridized carbons (Fsp3) is 0.750. The van der Waals surface area contributed by atoms with E-state index in [1.807, 2.05) is 0 Å². The van der Waals surface area contributed by atoms with E-state index in [-0.39, 0.29) is 23.4 Å². The van der Waals surface area contributed by atoms with Crippen LogP contribution < -0.4 is 0 Å². The summed E-state index contributed by atoms with van der Waals surface area (Å²) < 4.78 is 7.11. The Morgan fingerprint density at radius 3 is 2.68 bits per heavy atom. The van der Waals surface area contributed by atoms with Gasteiger partial charge in [0.2, 0.25) is 0 Å². The Bertz CT molecular complexity index is 465. The van der Waals surface area contributed by atoms with Gasteiger partial charge in [-0.2, -0.15) is 0 Å². The Kier molecular flexibility index (Phi) is 3.60. The highest BCUT2D eigenvalue weighted by Crippen LogP contribution is 2.28. The summed E-state index contributed by atoms with van der Waals surface area (Å²) >= 11 is 0. The van der Waals surface area contributed by atoms with Crippen LogP contribution >= 0.6 is 0 Å². The summed E-state index contributed by atoms with van der Waals surface area (Å²) in [5, 5.41) is 16.3. The molecule has 1 N–H and O–H groups in total. The van der Waals surface area contributed by atoms with Gasteiger partial charge in [-0.05, 0) is 20.8 Å². The Morgan fingerprint density at radius 1 is 1.58 bits per heavy atom.